The van der Waals surface area contributed by atoms with Crippen LogP contribution >= 0.6 is 0 Å². The van der Waals surface area contributed by atoms with Crippen molar-refractivity contribution in [3.63, 3.8) is 0 Å². The predicted molar refractivity (Wildman–Crippen MR) is 71.6 cm³/mol. The Morgan fingerprint density at radius 3 is 2.80 bits per heavy atom. The van der Waals surface area contributed by atoms with Crippen molar-refractivity contribution < 1.29 is 19.0 Å². The van der Waals surface area contributed by atoms with Crippen LogP contribution in [0.25, 0.3) is 0 Å². The molecule has 0 radical (unpaired) electrons. The summed E-state index contributed by atoms with van der Waals surface area (Å²) in [6.07, 6.45) is -0.188. The van der Waals surface area contributed by atoms with Gasteiger partial charge in [-0.3, -0.25) is 4.79 Å². The highest BCUT2D eigenvalue weighted by Crippen LogP contribution is 2.30. The number of fused-ring (bicyclic) bond motifs is 1. The van der Waals surface area contributed by atoms with Crippen molar-refractivity contribution in [2.24, 2.45) is 11.7 Å². The van der Waals surface area contributed by atoms with E-state index in [0.29, 0.717) is 32.1 Å². The van der Waals surface area contributed by atoms with Gasteiger partial charge >= 0.3 is 0 Å². The van der Waals surface area contributed by atoms with Crippen LogP contribution in [-0.2, 0) is 9.53 Å². The van der Waals surface area contributed by atoms with E-state index >= 15 is 0 Å². The molecule has 1 aromatic rings. The molecule has 0 bridgehead atoms. The third-order valence-electron chi connectivity index (χ3n) is 3.53. The summed E-state index contributed by atoms with van der Waals surface area (Å²) in [6.45, 7) is 1.65. The zero-order valence-corrected chi connectivity index (χ0v) is 11.1. The van der Waals surface area contributed by atoms with Crippen LogP contribution in [-0.4, -0.2) is 44.4 Å². The van der Waals surface area contributed by atoms with Gasteiger partial charge in [0.25, 0.3) is 0 Å². The molecule has 2 heterocycles. The van der Waals surface area contributed by atoms with Crippen molar-refractivity contribution in [2.75, 3.05) is 26.4 Å². The van der Waals surface area contributed by atoms with Gasteiger partial charge in [0.15, 0.2) is 11.5 Å². The number of nitrogens with two attached hydrogens (primary N) is 1. The molecule has 1 saturated heterocycles. The van der Waals surface area contributed by atoms with Crippen LogP contribution < -0.4 is 20.5 Å². The fourth-order valence-electron chi connectivity index (χ4n) is 2.35. The van der Waals surface area contributed by atoms with Crippen molar-refractivity contribution in [3.8, 4) is 11.5 Å². The average molecular weight is 278 g/mol. The van der Waals surface area contributed by atoms with Crippen LogP contribution in [0.5, 0.6) is 11.5 Å². The third-order valence-corrected chi connectivity index (χ3v) is 3.53. The lowest BCUT2D eigenvalue weighted by Gasteiger charge is -2.27. The molecule has 2 aliphatic rings. The summed E-state index contributed by atoms with van der Waals surface area (Å²) in [7, 11) is 0. The molecule has 0 saturated carbocycles. The van der Waals surface area contributed by atoms with Crippen molar-refractivity contribution >= 4 is 5.91 Å². The van der Waals surface area contributed by atoms with Crippen LogP contribution in [0.3, 0.4) is 0 Å². The summed E-state index contributed by atoms with van der Waals surface area (Å²) in [6, 6.07) is 7.27. The fraction of sp³-hybridized carbons (Fsp3) is 0.500. The summed E-state index contributed by atoms with van der Waals surface area (Å²) < 4.78 is 16.5. The van der Waals surface area contributed by atoms with Crippen molar-refractivity contribution in [1.29, 1.82) is 0 Å². The molecule has 1 aromatic carbocycles. The lowest BCUT2D eigenvalue weighted by molar-refractivity contribution is -0.125. The number of hydrogen-bond donors (Lipinski definition) is 2. The highest BCUT2D eigenvalue weighted by molar-refractivity contribution is 5.79. The summed E-state index contributed by atoms with van der Waals surface area (Å²) in [4.78, 5) is 12.0. The van der Waals surface area contributed by atoms with Gasteiger partial charge in [0.2, 0.25) is 5.91 Å². The van der Waals surface area contributed by atoms with Gasteiger partial charge in [0, 0.05) is 6.04 Å². The first-order valence-electron chi connectivity index (χ1n) is 6.73. The van der Waals surface area contributed by atoms with Gasteiger partial charge in [-0.25, -0.2) is 0 Å². The van der Waals surface area contributed by atoms with Gasteiger partial charge in [0.05, 0.1) is 25.7 Å². The number of carbonyl (C=O) groups is 1. The summed E-state index contributed by atoms with van der Waals surface area (Å²) in [5, 5.41) is 2.85. The van der Waals surface area contributed by atoms with Gasteiger partial charge in [-0.2, -0.15) is 0 Å². The standard InChI is InChI=1S/C14H18N2O4/c15-11-8-18-7-10(11)14(17)16-5-9-6-19-12-3-1-2-4-13(12)20-9/h1-4,9-11H,5-8,15H2,(H,16,17). The first-order valence-corrected chi connectivity index (χ1v) is 6.73. The molecular formula is C14H18N2O4. The molecule has 20 heavy (non-hydrogen) atoms. The highest BCUT2D eigenvalue weighted by atomic mass is 16.6. The van der Waals surface area contributed by atoms with Gasteiger partial charge in [-0.15, -0.1) is 0 Å². The lowest BCUT2D eigenvalue weighted by Crippen LogP contribution is -2.46. The SMILES string of the molecule is NC1COCC1C(=O)NCC1COc2ccccc2O1. The number of ether oxygens (including phenoxy) is 3. The molecule has 0 aliphatic carbocycles. The van der Waals surface area contributed by atoms with E-state index in [0.717, 1.165) is 5.75 Å². The minimum absolute atomic E-state index is 0.0857. The molecule has 3 atom stereocenters. The Morgan fingerprint density at radius 2 is 2.05 bits per heavy atom. The molecule has 6 heteroatoms. The monoisotopic (exact) mass is 278 g/mol. The average Bonchev–Trinajstić information content (AvgIpc) is 2.91. The molecule has 1 amide bonds. The smallest absolute Gasteiger partial charge is 0.227 e. The molecule has 1 fully saturated rings. The van der Waals surface area contributed by atoms with E-state index in [-0.39, 0.29) is 24.0 Å². The molecule has 0 aromatic heterocycles. The number of para-hydroxylation sites is 2. The number of hydrogen-bond acceptors (Lipinski definition) is 5. The minimum Gasteiger partial charge on any atom is -0.486 e. The Bertz CT molecular complexity index is 494. The predicted octanol–water partition coefficient (Wildman–Crippen LogP) is -0.0837. The van der Waals surface area contributed by atoms with Crippen molar-refractivity contribution in [2.45, 2.75) is 12.1 Å². The van der Waals surface area contributed by atoms with Crippen LogP contribution in [0.1, 0.15) is 0 Å². The Labute approximate surface area is 117 Å². The Hall–Kier alpha value is -1.79. The Morgan fingerprint density at radius 1 is 1.25 bits per heavy atom. The second-order valence-electron chi connectivity index (χ2n) is 5.05. The zero-order chi connectivity index (χ0) is 13.9. The lowest BCUT2D eigenvalue weighted by atomic mass is 10.0. The molecule has 3 rings (SSSR count). The number of rotatable bonds is 3. The molecule has 6 nitrogen and oxygen atoms in total. The Kier molecular flexibility index (Phi) is 3.75. The number of benzene rings is 1. The third kappa shape index (κ3) is 2.71. The molecule has 3 N–H and O–H groups in total. The molecule has 2 aliphatic heterocycles. The zero-order valence-electron chi connectivity index (χ0n) is 11.1. The Balaban J connectivity index is 1.51. The summed E-state index contributed by atoms with van der Waals surface area (Å²) >= 11 is 0. The van der Waals surface area contributed by atoms with Gasteiger partial charge in [-0.1, -0.05) is 12.1 Å². The van der Waals surface area contributed by atoms with Crippen molar-refractivity contribution in [1.82, 2.24) is 5.32 Å². The number of amides is 1. The number of carbonyl (C=O) groups excluding carboxylic acids is 1. The van der Waals surface area contributed by atoms with E-state index in [1.54, 1.807) is 0 Å². The van der Waals surface area contributed by atoms with Crippen LogP contribution in [0.4, 0.5) is 0 Å². The molecule has 108 valence electrons. The molecule has 0 spiro atoms. The van der Waals surface area contributed by atoms with E-state index in [1.165, 1.54) is 0 Å². The van der Waals surface area contributed by atoms with E-state index in [4.69, 9.17) is 19.9 Å². The highest BCUT2D eigenvalue weighted by Gasteiger charge is 2.32. The largest absolute Gasteiger partial charge is 0.486 e. The maximum atomic E-state index is 12.0. The molecular weight excluding hydrogens is 260 g/mol. The van der Waals surface area contributed by atoms with E-state index in [1.807, 2.05) is 24.3 Å². The van der Waals surface area contributed by atoms with Crippen LogP contribution in [0.2, 0.25) is 0 Å². The summed E-state index contributed by atoms with van der Waals surface area (Å²) in [5.41, 5.74) is 5.81. The van der Waals surface area contributed by atoms with Crippen LogP contribution in [0.15, 0.2) is 24.3 Å². The van der Waals surface area contributed by atoms with E-state index < -0.39 is 0 Å². The van der Waals surface area contributed by atoms with E-state index in [9.17, 15) is 4.79 Å². The normalized spacial score (nSPS) is 28.1. The topological polar surface area (TPSA) is 82.8 Å². The van der Waals surface area contributed by atoms with E-state index in [2.05, 4.69) is 5.32 Å². The van der Waals surface area contributed by atoms with Crippen LogP contribution in [0, 0.1) is 5.92 Å². The second-order valence-corrected chi connectivity index (χ2v) is 5.05. The fourth-order valence-corrected chi connectivity index (χ4v) is 2.35. The van der Waals surface area contributed by atoms with Gasteiger partial charge in [-0.05, 0) is 12.1 Å². The first kappa shape index (κ1) is 13.2. The van der Waals surface area contributed by atoms with Gasteiger partial charge < -0.3 is 25.3 Å². The maximum Gasteiger partial charge on any atom is 0.227 e. The second kappa shape index (κ2) is 5.68. The molecule has 3 unspecified atom stereocenters. The number of nitrogens with one attached hydrogen (secondary N) is 1. The quantitative estimate of drug-likeness (QED) is 0.808. The maximum absolute atomic E-state index is 12.0. The summed E-state index contributed by atoms with van der Waals surface area (Å²) in [5.74, 6) is 1.09. The van der Waals surface area contributed by atoms with Crippen molar-refractivity contribution in [3.05, 3.63) is 24.3 Å². The minimum atomic E-state index is -0.271. The van der Waals surface area contributed by atoms with Gasteiger partial charge in [0.1, 0.15) is 12.7 Å². The first-order chi connectivity index (χ1) is 9.74.